The van der Waals surface area contributed by atoms with Gasteiger partial charge in [-0.15, -0.1) is 0 Å². The molecule has 35 heavy (non-hydrogen) atoms. The second-order valence-corrected chi connectivity index (χ2v) is 9.58. The molecular weight excluding hydrogens is 456 g/mol. The highest BCUT2D eigenvalue weighted by atomic mass is 35.5. The normalized spacial score (nSPS) is 13.3. The first-order chi connectivity index (χ1) is 17.0. The Bertz CT molecular complexity index is 1110. The zero-order valence-corrected chi connectivity index (χ0v) is 21.4. The van der Waals surface area contributed by atoms with Crippen molar-refractivity contribution in [3.8, 4) is 6.07 Å². The van der Waals surface area contributed by atoms with Gasteiger partial charge in [-0.25, -0.2) is 4.79 Å². The number of hydrogen-bond acceptors (Lipinski definition) is 3. The van der Waals surface area contributed by atoms with Crippen LogP contribution in [0.2, 0.25) is 5.02 Å². The van der Waals surface area contributed by atoms with Gasteiger partial charge in [0.2, 0.25) is 0 Å². The van der Waals surface area contributed by atoms with Crippen LogP contribution < -0.4 is 4.90 Å². The number of carboxylic acids is 1. The lowest BCUT2D eigenvalue weighted by molar-refractivity contribution is -0.132. The van der Waals surface area contributed by atoms with E-state index in [0.29, 0.717) is 0 Å². The van der Waals surface area contributed by atoms with Crippen LogP contribution >= 0.6 is 11.6 Å². The van der Waals surface area contributed by atoms with Crippen LogP contribution in [0.5, 0.6) is 0 Å². The number of halogens is 1. The maximum absolute atomic E-state index is 11.0. The SMILES string of the molecule is CCCCCCCCCCN1c2ccc(/C=C/C=C(/C#N)C(=O)O)cc2CCc2ccc(Cl)cc21. The van der Waals surface area contributed by atoms with Gasteiger partial charge in [0.15, 0.2) is 0 Å². The molecule has 0 aliphatic carbocycles. The van der Waals surface area contributed by atoms with Gasteiger partial charge in [-0.3, -0.25) is 0 Å². The van der Waals surface area contributed by atoms with Crippen LogP contribution in [0.4, 0.5) is 11.4 Å². The molecule has 1 aliphatic heterocycles. The first kappa shape index (κ1) is 26.6. The van der Waals surface area contributed by atoms with Gasteiger partial charge >= 0.3 is 5.97 Å². The minimum atomic E-state index is -1.22. The van der Waals surface area contributed by atoms with E-state index in [0.717, 1.165) is 36.4 Å². The van der Waals surface area contributed by atoms with Gasteiger partial charge in [0.1, 0.15) is 11.6 Å². The Morgan fingerprint density at radius 1 is 1.00 bits per heavy atom. The van der Waals surface area contributed by atoms with Crippen LogP contribution in [0, 0.1) is 11.3 Å². The fourth-order valence-electron chi connectivity index (χ4n) is 4.63. The highest BCUT2D eigenvalue weighted by Gasteiger charge is 2.21. The summed E-state index contributed by atoms with van der Waals surface area (Å²) in [5.41, 5.74) is 5.70. The standard InChI is InChI=1S/C30H35ClN2O2/c1-2-3-4-5-6-7-8-9-19-33-28-18-13-23(11-10-12-26(22-32)30(34)35)20-25(28)15-14-24-16-17-27(31)21-29(24)33/h10-13,16-18,20-21H,2-9,14-15,19H2,1H3,(H,34,35)/b11-10+,26-12-. The number of benzene rings is 2. The third kappa shape index (κ3) is 7.73. The molecule has 0 saturated carbocycles. The molecule has 0 spiro atoms. The maximum Gasteiger partial charge on any atom is 0.346 e. The fourth-order valence-corrected chi connectivity index (χ4v) is 4.79. The number of unbranched alkanes of at least 4 members (excludes halogenated alkanes) is 7. The molecule has 0 unspecified atom stereocenters. The number of nitriles is 1. The van der Waals surface area contributed by atoms with Gasteiger partial charge in [-0.2, -0.15) is 5.26 Å². The third-order valence-corrected chi connectivity index (χ3v) is 6.77. The van der Waals surface area contributed by atoms with Crippen molar-refractivity contribution in [2.75, 3.05) is 11.4 Å². The Balaban J connectivity index is 1.76. The van der Waals surface area contributed by atoms with Crippen LogP contribution in [0.25, 0.3) is 6.08 Å². The summed E-state index contributed by atoms with van der Waals surface area (Å²) < 4.78 is 0. The molecule has 184 valence electrons. The lowest BCUT2D eigenvalue weighted by Crippen LogP contribution is -2.19. The summed E-state index contributed by atoms with van der Waals surface area (Å²) in [6.07, 6.45) is 17.0. The van der Waals surface area contributed by atoms with E-state index in [1.54, 1.807) is 12.1 Å². The highest BCUT2D eigenvalue weighted by molar-refractivity contribution is 6.30. The highest BCUT2D eigenvalue weighted by Crippen LogP contribution is 2.38. The van der Waals surface area contributed by atoms with E-state index in [-0.39, 0.29) is 5.57 Å². The average Bonchev–Trinajstić information content (AvgIpc) is 2.99. The molecular formula is C30H35ClN2O2. The maximum atomic E-state index is 11.0. The Morgan fingerprint density at radius 2 is 1.71 bits per heavy atom. The fraction of sp³-hybridized carbons (Fsp3) is 0.400. The van der Waals surface area contributed by atoms with Crippen LogP contribution in [0.15, 0.2) is 54.1 Å². The smallest absolute Gasteiger partial charge is 0.346 e. The molecule has 1 heterocycles. The minimum absolute atomic E-state index is 0.278. The third-order valence-electron chi connectivity index (χ3n) is 6.53. The van der Waals surface area contributed by atoms with Gasteiger partial charge in [0, 0.05) is 22.9 Å². The second-order valence-electron chi connectivity index (χ2n) is 9.14. The molecule has 0 fully saturated rings. The number of aryl methyl sites for hydroxylation is 2. The van der Waals surface area contributed by atoms with Crippen LogP contribution in [-0.4, -0.2) is 17.6 Å². The first-order valence-corrected chi connectivity index (χ1v) is 13.1. The van der Waals surface area contributed by atoms with Crippen molar-refractivity contribution in [1.29, 1.82) is 5.26 Å². The van der Waals surface area contributed by atoms with E-state index in [1.807, 2.05) is 18.2 Å². The number of rotatable bonds is 12. The first-order valence-electron chi connectivity index (χ1n) is 12.7. The molecule has 0 saturated heterocycles. The summed E-state index contributed by atoms with van der Waals surface area (Å²) in [7, 11) is 0. The number of fused-ring (bicyclic) bond motifs is 2. The Hall–Kier alpha value is -3.03. The van der Waals surface area contributed by atoms with E-state index in [2.05, 4.69) is 36.1 Å². The van der Waals surface area contributed by atoms with E-state index < -0.39 is 5.97 Å². The number of carboxylic acid groups (broad SMARTS) is 1. The van der Waals surface area contributed by atoms with Gasteiger partial charge < -0.3 is 10.0 Å². The average molecular weight is 491 g/mol. The van der Waals surface area contributed by atoms with Crippen molar-refractivity contribution >= 4 is 35.0 Å². The summed E-state index contributed by atoms with van der Waals surface area (Å²) >= 11 is 6.40. The topological polar surface area (TPSA) is 64.3 Å². The molecule has 0 amide bonds. The predicted octanol–water partition coefficient (Wildman–Crippen LogP) is 8.27. The molecule has 1 N–H and O–H groups in total. The summed E-state index contributed by atoms with van der Waals surface area (Å²) in [5.74, 6) is -1.22. The quantitative estimate of drug-likeness (QED) is 0.141. The largest absolute Gasteiger partial charge is 0.477 e. The number of allylic oxidation sites excluding steroid dienone is 2. The number of aliphatic carboxylic acids is 1. The molecule has 4 nitrogen and oxygen atoms in total. The van der Waals surface area contributed by atoms with Crippen molar-refractivity contribution in [2.24, 2.45) is 0 Å². The van der Waals surface area contributed by atoms with E-state index >= 15 is 0 Å². The van der Waals surface area contributed by atoms with Crippen molar-refractivity contribution in [3.63, 3.8) is 0 Å². The molecule has 3 rings (SSSR count). The van der Waals surface area contributed by atoms with Crippen LogP contribution in [0.3, 0.4) is 0 Å². The summed E-state index contributed by atoms with van der Waals surface area (Å²) in [6, 6.07) is 14.3. The lowest BCUT2D eigenvalue weighted by atomic mass is 10.0. The Kier molecular flexibility index (Phi) is 10.4. The lowest BCUT2D eigenvalue weighted by Gasteiger charge is -2.27. The number of nitrogens with zero attached hydrogens (tertiary/aromatic N) is 2. The summed E-state index contributed by atoms with van der Waals surface area (Å²) in [6.45, 7) is 3.21. The zero-order valence-electron chi connectivity index (χ0n) is 20.6. The second kappa shape index (κ2) is 13.8. The van der Waals surface area contributed by atoms with Crippen LogP contribution in [-0.2, 0) is 17.6 Å². The van der Waals surface area contributed by atoms with Gasteiger partial charge in [0.05, 0.1) is 0 Å². The van der Waals surface area contributed by atoms with Crippen LogP contribution in [0.1, 0.15) is 75.0 Å². The van der Waals surface area contributed by atoms with E-state index in [4.69, 9.17) is 22.0 Å². The predicted molar refractivity (Wildman–Crippen MR) is 145 cm³/mol. The monoisotopic (exact) mass is 490 g/mol. The van der Waals surface area contributed by atoms with Gasteiger partial charge in [-0.05, 0) is 66.3 Å². The minimum Gasteiger partial charge on any atom is -0.477 e. The summed E-state index contributed by atoms with van der Waals surface area (Å²) in [4.78, 5) is 13.4. The Labute approximate surface area is 214 Å². The van der Waals surface area contributed by atoms with Crippen molar-refractivity contribution in [1.82, 2.24) is 0 Å². The van der Waals surface area contributed by atoms with E-state index in [9.17, 15) is 4.79 Å². The molecule has 5 heteroatoms. The number of hydrogen-bond donors (Lipinski definition) is 1. The van der Waals surface area contributed by atoms with Crippen molar-refractivity contribution < 1.29 is 9.90 Å². The van der Waals surface area contributed by atoms with Crippen molar-refractivity contribution in [3.05, 3.63) is 75.8 Å². The molecule has 0 atom stereocenters. The summed E-state index contributed by atoms with van der Waals surface area (Å²) in [5, 5.41) is 18.7. The number of anilines is 2. The molecule has 0 radical (unpaired) electrons. The molecule has 0 bridgehead atoms. The molecule has 2 aromatic carbocycles. The Morgan fingerprint density at radius 3 is 2.43 bits per heavy atom. The molecule has 1 aliphatic rings. The number of carbonyl (C=O) groups is 1. The van der Waals surface area contributed by atoms with Crippen molar-refractivity contribution in [2.45, 2.75) is 71.1 Å². The zero-order chi connectivity index (χ0) is 25.0. The van der Waals surface area contributed by atoms with Gasteiger partial charge in [-0.1, -0.05) is 87.8 Å². The van der Waals surface area contributed by atoms with Gasteiger partial charge in [0.25, 0.3) is 0 Å². The van der Waals surface area contributed by atoms with E-state index in [1.165, 1.54) is 73.5 Å². The molecule has 2 aromatic rings. The molecule has 0 aromatic heterocycles.